The molecule has 1 heterocycles. The van der Waals surface area contributed by atoms with Crippen LogP contribution in [0.5, 0.6) is 5.75 Å². The molecule has 1 aromatic heterocycles. The topological polar surface area (TPSA) is 108 Å². The second-order valence-corrected chi connectivity index (χ2v) is 8.98. The van der Waals surface area contributed by atoms with Crippen molar-refractivity contribution in [1.82, 2.24) is 14.5 Å². The van der Waals surface area contributed by atoms with Crippen molar-refractivity contribution in [3.05, 3.63) is 64.4 Å². The van der Waals surface area contributed by atoms with E-state index in [9.17, 15) is 14.4 Å². The Kier molecular flexibility index (Phi) is 9.09. The Balaban J connectivity index is 1.70. The van der Waals surface area contributed by atoms with E-state index in [4.69, 9.17) is 10.5 Å². The number of ether oxygens (including phenoxy) is 1. The van der Waals surface area contributed by atoms with Crippen molar-refractivity contribution in [2.24, 2.45) is 5.73 Å². The van der Waals surface area contributed by atoms with Crippen LogP contribution in [0.3, 0.4) is 0 Å². The summed E-state index contributed by atoms with van der Waals surface area (Å²) in [7, 11) is 3.36. The van der Waals surface area contributed by atoms with E-state index in [1.165, 1.54) is 11.8 Å². The molecule has 180 valence electrons. The van der Waals surface area contributed by atoms with Gasteiger partial charge in [-0.25, -0.2) is 4.98 Å². The summed E-state index contributed by atoms with van der Waals surface area (Å²) >= 11 is 1.26. The first-order valence-corrected chi connectivity index (χ1v) is 12.1. The van der Waals surface area contributed by atoms with Crippen LogP contribution in [0.1, 0.15) is 31.2 Å². The summed E-state index contributed by atoms with van der Waals surface area (Å²) in [6.07, 6.45) is 2.50. The van der Waals surface area contributed by atoms with Crippen molar-refractivity contribution in [3.8, 4) is 5.75 Å². The molecule has 3 rings (SSSR count). The Labute approximate surface area is 203 Å². The highest BCUT2D eigenvalue weighted by Crippen LogP contribution is 2.20. The molecule has 8 nitrogen and oxygen atoms in total. The first-order valence-electron chi connectivity index (χ1n) is 11.2. The number of nitrogens with two attached hydrogens (primary N) is 1. The molecule has 0 radical (unpaired) electrons. The highest BCUT2D eigenvalue weighted by Gasteiger charge is 2.15. The zero-order chi connectivity index (χ0) is 24.5. The normalized spacial score (nSPS) is 10.9. The molecule has 3 aromatic rings. The fraction of sp³-hybridized carbons (Fsp3) is 0.360. The fourth-order valence-electron chi connectivity index (χ4n) is 3.57. The van der Waals surface area contributed by atoms with Crippen LogP contribution in [0.2, 0.25) is 0 Å². The summed E-state index contributed by atoms with van der Waals surface area (Å²) in [5.74, 6) is 0.515. The number of thioether (sulfide) groups is 1. The van der Waals surface area contributed by atoms with E-state index in [-0.39, 0.29) is 23.1 Å². The van der Waals surface area contributed by atoms with Crippen LogP contribution >= 0.6 is 11.8 Å². The van der Waals surface area contributed by atoms with Gasteiger partial charge in [-0.2, -0.15) is 0 Å². The highest BCUT2D eigenvalue weighted by atomic mass is 32.2. The Morgan fingerprint density at radius 1 is 1.12 bits per heavy atom. The van der Waals surface area contributed by atoms with Crippen LogP contribution in [-0.2, 0) is 22.7 Å². The lowest BCUT2D eigenvalue weighted by Crippen LogP contribution is -2.29. The molecular weight excluding hydrogens is 452 g/mol. The number of fused-ring (bicyclic) bond motifs is 1. The van der Waals surface area contributed by atoms with E-state index in [0.717, 1.165) is 17.7 Å². The lowest BCUT2D eigenvalue weighted by Gasteiger charge is -2.18. The molecule has 0 unspecified atom stereocenters. The average molecular weight is 483 g/mol. The molecule has 0 aliphatic rings. The molecule has 2 aromatic carbocycles. The van der Waals surface area contributed by atoms with Crippen molar-refractivity contribution in [2.75, 3.05) is 19.9 Å². The Hall–Kier alpha value is -3.33. The van der Waals surface area contributed by atoms with E-state index < -0.39 is 0 Å². The maximum Gasteiger partial charge on any atom is 0.262 e. The summed E-state index contributed by atoms with van der Waals surface area (Å²) in [6, 6.07) is 14.8. The number of nitrogens with zero attached hydrogens (tertiary/aromatic N) is 3. The lowest BCUT2D eigenvalue weighted by molar-refractivity contribution is -0.127. The standard InChI is InChI=1S/C25H30N4O4S/c1-28(16-18-9-8-10-19(15-18)33-2)23(31)17-34-25-27-21-12-6-5-11-20(21)24(32)29(25)14-7-3-4-13-22(26)30/h5-6,8-12,15H,3-4,7,13-14,16-17H2,1-2H3,(H2,26,30). The number of hydrogen-bond acceptors (Lipinski definition) is 6. The maximum atomic E-state index is 13.1. The largest absolute Gasteiger partial charge is 0.497 e. The van der Waals surface area contributed by atoms with Crippen LogP contribution in [-0.4, -0.2) is 46.2 Å². The first kappa shape index (κ1) is 25.3. The van der Waals surface area contributed by atoms with Gasteiger partial charge in [0, 0.05) is 26.6 Å². The van der Waals surface area contributed by atoms with E-state index in [1.807, 2.05) is 36.4 Å². The number of unbranched alkanes of at least 4 members (excludes halogenated alkanes) is 2. The van der Waals surface area contributed by atoms with Crippen molar-refractivity contribution in [1.29, 1.82) is 0 Å². The summed E-state index contributed by atoms with van der Waals surface area (Å²) in [4.78, 5) is 43.2. The van der Waals surface area contributed by atoms with E-state index in [2.05, 4.69) is 4.98 Å². The minimum Gasteiger partial charge on any atom is -0.497 e. The monoisotopic (exact) mass is 482 g/mol. The average Bonchev–Trinajstić information content (AvgIpc) is 2.83. The fourth-order valence-corrected chi connectivity index (χ4v) is 4.54. The lowest BCUT2D eigenvalue weighted by atomic mass is 10.2. The number of carbonyl (C=O) groups is 2. The summed E-state index contributed by atoms with van der Waals surface area (Å²) in [5, 5.41) is 1.06. The molecule has 9 heteroatoms. The third-order valence-electron chi connectivity index (χ3n) is 5.44. The Bertz CT molecular complexity index is 1210. The quantitative estimate of drug-likeness (QED) is 0.241. The second kappa shape index (κ2) is 12.2. The molecule has 0 bridgehead atoms. The van der Waals surface area contributed by atoms with Gasteiger partial charge in [0.2, 0.25) is 11.8 Å². The van der Waals surface area contributed by atoms with E-state index >= 15 is 0 Å². The zero-order valence-electron chi connectivity index (χ0n) is 19.5. The number of primary amides is 1. The number of methoxy groups -OCH3 is 1. The van der Waals surface area contributed by atoms with Gasteiger partial charge in [0.05, 0.1) is 23.8 Å². The van der Waals surface area contributed by atoms with E-state index in [1.54, 1.807) is 35.8 Å². The zero-order valence-corrected chi connectivity index (χ0v) is 20.3. The van der Waals surface area contributed by atoms with E-state index in [0.29, 0.717) is 48.4 Å². The minimum absolute atomic E-state index is 0.0664. The van der Waals surface area contributed by atoms with Gasteiger partial charge in [-0.15, -0.1) is 0 Å². The van der Waals surface area contributed by atoms with Gasteiger partial charge in [0.25, 0.3) is 5.56 Å². The molecule has 0 saturated heterocycles. The first-order chi connectivity index (χ1) is 16.4. The third-order valence-corrected chi connectivity index (χ3v) is 6.40. The molecule has 34 heavy (non-hydrogen) atoms. The molecular formula is C25H30N4O4S. The molecule has 0 fully saturated rings. The van der Waals surface area contributed by atoms with Gasteiger partial charge in [-0.05, 0) is 42.7 Å². The number of para-hydroxylation sites is 1. The molecule has 0 aliphatic carbocycles. The molecule has 0 atom stereocenters. The van der Waals surface area contributed by atoms with Crippen LogP contribution < -0.4 is 16.0 Å². The van der Waals surface area contributed by atoms with Gasteiger partial charge >= 0.3 is 0 Å². The van der Waals surface area contributed by atoms with Gasteiger partial charge in [0.1, 0.15) is 5.75 Å². The van der Waals surface area contributed by atoms with Gasteiger partial charge in [-0.3, -0.25) is 19.0 Å². The number of amides is 2. The molecule has 0 aliphatic heterocycles. The predicted octanol–water partition coefficient (Wildman–Crippen LogP) is 3.20. The highest BCUT2D eigenvalue weighted by molar-refractivity contribution is 7.99. The predicted molar refractivity (Wildman–Crippen MR) is 134 cm³/mol. The number of hydrogen-bond donors (Lipinski definition) is 1. The van der Waals surface area contributed by atoms with Gasteiger partial charge in [-0.1, -0.05) is 42.4 Å². The molecule has 0 spiro atoms. The van der Waals surface area contributed by atoms with Crippen molar-refractivity contribution < 1.29 is 14.3 Å². The number of benzene rings is 2. The second-order valence-electron chi connectivity index (χ2n) is 8.04. The van der Waals surface area contributed by atoms with Crippen LogP contribution in [0.4, 0.5) is 0 Å². The van der Waals surface area contributed by atoms with Crippen LogP contribution in [0, 0.1) is 0 Å². The van der Waals surface area contributed by atoms with Crippen LogP contribution in [0.15, 0.2) is 58.5 Å². The summed E-state index contributed by atoms with van der Waals surface area (Å²) < 4.78 is 6.88. The van der Waals surface area contributed by atoms with Gasteiger partial charge < -0.3 is 15.4 Å². The van der Waals surface area contributed by atoms with Gasteiger partial charge in [0.15, 0.2) is 5.16 Å². The Morgan fingerprint density at radius 3 is 2.68 bits per heavy atom. The van der Waals surface area contributed by atoms with Crippen molar-refractivity contribution >= 4 is 34.5 Å². The maximum absolute atomic E-state index is 13.1. The molecule has 2 amide bonds. The van der Waals surface area contributed by atoms with Crippen molar-refractivity contribution in [2.45, 2.75) is 43.9 Å². The van der Waals surface area contributed by atoms with Crippen molar-refractivity contribution in [3.63, 3.8) is 0 Å². The number of carbonyl (C=O) groups excluding carboxylic acids is 2. The third kappa shape index (κ3) is 6.84. The summed E-state index contributed by atoms with van der Waals surface area (Å²) in [5.41, 5.74) is 6.65. The molecule has 0 saturated carbocycles. The summed E-state index contributed by atoms with van der Waals surface area (Å²) in [6.45, 7) is 0.917. The van der Waals surface area contributed by atoms with Crippen LogP contribution in [0.25, 0.3) is 10.9 Å². The number of aromatic nitrogens is 2. The Morgan fingerprint density at radius 2 is 1.91 bits per heavy atom. The minimum atomic E-state index is -0.322. The smallest absolute Gasteiger partial charge is 0.262 e. The number of rotatable bonds is 12. The SMILES string of the molecule is COc1cccc(CN(C)C(=O)CSc2nc3ccccc3c(=O)n2CCCCCC(N)=O)c1. The molecule has 2 N–H and O–H groups in total.